The van der Waals surface area contributed by atoms with Gasteiger partial charge in [0.1, 0.15) is 23.5 Å². The molecule has 0 aliphatic rings. The van der Waals surface area contributed by atoms with Crippen LogP contribution in [0.25, 0.3) is 0 Å². The van der Waals surface area contributed by atoms with Crippen molar-refractivity contribution in [3.8, 4) is 11.8 Å². The maximum atomic E-state index is 12.2. The molecule has 1 aromatic carbocycles. The van der Waals surface area contributed by atoms with Gasteiger partial charge in [0.25, 0.3) is 10.0 Å². The smallest absolute Gasteiger partial charge is 0.263 e. The molecule has 1 aromatic heterocycles. The van der Waals surface area contributed by atoms with Gasteiger partial charge >= 0.3 is 0 Å². The molecule has 2 rings (SSSR count). The molecule has 0 amide bonds. The highest BCUT2D eigenvalue weighted by molar-refractivity contribution is 7.92. The summed E-state index contributed by atoms with van der Waals surface area (Å²) in [5.41, 5.74) is 0.533. The van der Waals surface area contributed by atoms with Gasteiger partial charge in [-0.3, -0.25) is 4.72 Å². The van der Waals surface area contributed by atoms with Crippen molar-refractivity contribution < 1.29 is 18.0 Å². The average Bonchev–Trinajstić information content (AvgIpc) is 2.88. The molecule has 1 heterocycles. The van der Waals surface area contributed by atoms with E-state index < -0.39 is 10.0 Å². The van der Waals surface area contributed by atoms with Crippen LogP contribution in [0.5, 0.6) is 0 Å². The van der Waals surface area contributed by atoms with Crippen LogP contribution in [0.4, 0.5) is 5.69 Å². The molecule has 0 unspecified atom stereocenters. The molecule has 6 nitrogen and oxygen atoms in total. The van der Waals surface area contributed by atoms with Crippen molar-refractivity contribution in [1.82, 2.24) is 5.16 Å². The summed E-state index contributed by atoms with van der Waals surface area (Å²) < 4.78 is 31.2. The minimum absolute atomic E-state index is 0.0251. The largest absolute Gasteiger partial charge is 0.384 e. The Balaban J connectivity index is 2.40. The molecule has 98 valence electrons. The van der Waals surface area contributed by atoms with E-state index in [0.29, 0.717) is 5.56 Å². The molecule has 7 heteroatoms. The van der Waals surface area contributed by atoms with Gasteiger partial charge in [-0.25, -0.2) is 8.42 Å². The lowest BCUT2D eigenvalue weighted by Crippen LogP contribution is -2.13. The summed E-state index contributed by atoms with van der Waals surface area (Å²) in [6.45, 7) is -0.340. The van der Waals surface area contributed by atoms with Crippen molar-refractivity contribution in [2.45, 2.75) is 4.90 Å². The normalized spacial score (nSPS) is 10.6. The monoisotopic (exact) mass is 278 g/mol. The molecule has 0 aliphatic carbocycles. The SMILES string of the molecule is O=S(=O)(Nc1cnoc1)c1ccccc1C#CCO. The highest BCUT2D eigenvalue weighted by atomic mass is 32.2. The zero-order valence-corrected chi connectivity index (χ0v) is 10.5. The number of aromatic nitrogens is 1. The lowest BCUT2D eigenvalue weighted by Gasteiger charge is -2.07. The van der Waals surface area contributed by atoms with Gasteiger partial charge in [-0.2, -0.15) is 0 Å². The van der Waals surface area contributed by atoms with Crippen LogP contribution in [0.2, 0.25) is 0 Å². The highest BCUT2D eigenvalue weighted by Gasteiger charge is 2.18. The van der Waals surface area contributed by atoms with E-state index >= 15 is 0 Å². The molecular weight excluding hydrogens is 268 g/mol. The summed E-state index contributed by atoms with van der Waals surface area (Å²) in [6.07, 6.45) is 2.43. The van der Waals surface area contributed by atoms with E-state index in [1.54, 1.807) is 18.2 Å². The van der Waals surface area contributed by atoms with Crippen molar-refractivity contribution in [2.24, 2.45) is 0 Å². The number of nitrogens with one attached hydrogen (secondary N) is 1. The lowest BCUT2D eigenvalue weighted by molar-refractivity contribution is 0.350. The van der Waals surface area contributed by atoms with E-state index in [0.717, 1.165) is 0 Å². The first-order valence-electron chi connectivity index (χ1n) is 5.24. The summed E-state index contributed by atoms with van der Waals surface area (Å²) in [4.78, 5) is 0.0251. The first-order chi connectivity index (χ1) is 9.13. The second-order valence-electron chi connectivity index (χ2n) is 3.47. The van der Waals surface area contributed by atoms with E-state index in [1.165, 1.54) is 18.5 Å². The molecule has 2 aromatic rings. The summed E-state index contributed by atoms with van der Waals surface area (Å²) in [5, 5.41) is 12.1. The van der Waals surface area contributed by atoms with Crippen LogP contribution in [0, 0.1) is 11.8 Å². The first-order valence-corrected chi connectivity index (χ1v) is 6.73. The zero-order chi connectivity index (χ0) is 13.7. The Morgan fingerprint density at radius 1 is 1.37 bits per heavy atom. The number of benzene rings is 1. The van der Waals surface area contributed by atoms with Gasteiger partial charge in [-0.1, -0.05) is 29.1 Å². The van der Waals surface area contributed by atoms with E-state index in [2.05, 4.69) is 26.2 Å². The predicted octanol–water partition coefficient (Wildman–Crippen LogP) is 0.819. The summed E-state index contributed by atoms with van der Waals surface area (Å²) in [5.74, 6) is 5.01. The highest BCUT2D eigenvalue weighted by Crippen LogP contribution is 2.18. The van der Waals surface area contributed by atoms with Crippen LogP contribution in [-0.2, 0) is 10.0 Å². The van der Waals surface area contributed by atoms with E-state index in [4.69, 9.17) is 5.11 Å². The molecule has 0 atom stereocenters. The van der Waals surface area contributed by atoms with Gasteiger partial charge in [0.15, 0.2) is 0 Å². The van der Waals surface area contributed by atoms with Gasteiger partial charge in [-0.05, 0) is 12.1 Å². The first kappa shape index (κ1) is 13.1. The zero-order valence-electron chi connectivity index (χ0n) is 9.70. The third kappa shape index (κ3) is 3.13. The third-order valence-corrected chi connectivity index (χ3v) is 3.60. The quantitative estimate of drug-likeness (QED) is 0.811. The van der Waals surface area contributed by atoms with Crippen molar-refractivity contribution in [1.29, 1.82) is 0 Å². The van der Waals surface area contributed by atoms with Gasteiger partial charge in [0, 0.05) is 5.56 Å². The molecule has 0 fully saturated rings. The number of hydrogen-bond donors (Lipinski definition) is 2. The fourth-order valence-corrected chi connectivity index (χ4v) is 2.59. The van der Waals surface area contributed by atoms with Crippen LogP contribution in [0.3, 0.4) is 0 Å². The molecule has 2 N–H and O–H groups in total. The number of rotatable bonds is 3. The van der Waals surface area contributed by atoms with Crippen LogP contribution >= 0.6 is 0 Å². The summed E-state index contributed by atoms with van der Waals surface area (Å²) in [6, 6.07) is 6.24. The van der Waals surface area contributed by atoms with Crippen molar-refractivity contribution in [2.75, 3.05) is 11.3 Å². The molecule has 0 saturated heterocycles. The maximum absolute atomic E-state index is 12.2. The summed E-state index contributed by atoms with van der Waals surface area (Å²) in [7, 11) is -3.78. The molecule has 19 heavy (non-hydrogen) atoms. The Morgan fingerprint density at radius 3 is 2.84 bits per heavy atom. The number of sulfonamides is 1. The molecule has 0 radical (unpaired) electrons. The van der Waals surface area contributed by atoms with Crippen LogP contribution in [0.1, 0.15) is 5.56 Å². The second kappa shape index (κ2) is 5.56. The number of aliphatic hydroxyl groups is 1. The number of nitrogens with zero attached hydrogens (tertiary/aromatic N) is 1. The number of hydrogen-bond acceptors (Lipinski definition) is 5. The van der Waals surface area contributed by atoms with Gasteiger partial charge in [0.2, 0.25) is 0 Å². The Labute approximate surface area is 110 Å². The third-order valence-electron chi connectivity index (χ3n) is 2.16. The Bertz CT molecular complexity index is 712. The Kier molecular flexibility index (Phi) is 3.85. The van der Waals surface area contributed by atoms with E-state index in [9.17, 15) is 8.42 Å². The number of aliphatic hydroxyl groups excluding tert-OH is 1. The Morgan fingerprint density at radius 2 is 2.16 bits per heavy atom. The van der Waals surface area contributed by atoms with E-state index in [1.807, 2.05) is 0 Å². The van der Waals surface area contributed by atoms with E-state index in [-0.39, 0.29) is 17.2 Å². The molecule has 0 spiro atoms. The lowest BCUT2D eigenvalue weighted by atomic mass is 10.2. The molecule has 0 saturated carbocycles. The van der Waals surface area contributed by atoms with Gasteiger partial charge < -0.3 is 9.63 Å². The maximum Gasteiger partial charge on any atom is 0.263 e. The summed E-state index contributed by atoms with van der Waals surface area (Å²) >= 11 is 0. The van der Waals surface area contributed by atoms with Crippen molar-refractivity contribution in [3.63, 3.8) is 0 Å². The second-order valence-corrected chi connectivity index (χ2v) is 5.13. The van der Waals surface area contributed by atoms with Gasteiger partial charge in [-0.15, -0.1) is 0 Å². The van der Waals surface area contributed by atoms with Crippen LogP contribution in [-0.4, -0.2) is 25.3 Å². The molecule has 0 aliphatic heterocycles. The van der Waals surface area contributed by atoms with Crippen LogP contribution in [0.15, 0.2) is 46.1 Å². The standard InChI is InChI=1S/C12H10N2O4S/c15-7-3-5-10-4-1-2-6-12(10)19(16,17)14-11-8-13-18-9-11/h1-2,4,6,8-9,14-15H,7H2. The number of anilines is 1. The molecular formula is C12H10N2O4S. The van der Waals surface area contributed by atoms with Gasteiger partial charge in [0.05, 0.1) is 6.20 Å². The predicted molar refractivity (Wildman–Crippen MR) is 67.7 cm³/mol. The topological polar surface area (TPSA) is 92.4 Å². The van der Waals surface area contributed by atoms with Crippen molar-refractivity contribution in [3.05, 3.63) is 42.3 Å². The Hall–Kier alpha value is -2.30. The van der Waals surface area contributed by atoms with Crippen molar-refractivity contribution >= 4 is 15.7 Å². The minimum atomic E-state index is -3.78. The fraction of sp³-hybridized carbons (Fsp3) is 0.0833. The fourth-order valence-electron chi connectivity index (χ4n) is 1.40. The molecule has 0 bridgehead atoms. The van der Waals surface area contributed by atoms with Crippen LogP contribution < -0.4 is 4.72 Å². The average molecular weight is 278 g/mol. The minimum Gasteiger partial charge on any atom is -0.384 e.